The summed E-state index contributed by atoms with van der Waals surface area (Å²) >= 11 is 0. The summed E-state index contributed by atoms with van der Waals surface area (Å²) in [6, 6.07) is 7.00. The van der Waals surface area contributed by atoms with E-state index in [0.717, 1.165) is 4.90 Å². The number of hydrogen-bond donors (Lipinski definition) is 0. The van der Waals surface area contributed by atoms with Gasteiger partial charge in [-0.1, -0.05) is 18.2 Å². The fraction of sp³-hybridized carbons (Fsp3) is 0.462. The van der Waals surface area contributed by atoms with Gasteiger partial charge in [0.05, 0.1) is 13.2 Å². The molecule has 0 spiro atoms. The number of carbonyl (C=O) groups is 1. The third-order valence-corrected chi connectivity index (χ3v) is 2.35. The van der Waals surface area contributed by atoms with E-state index in [9.17, 15) is 18.0 Å². The Morgan fingerprint density at radius 3 is 2.55 bits per heavy atom. The van der Waals surface area contributed by atoms with E-state index in [0.29, 0.717) is 17.9 Å². The number of ether oxygens (including phenoxy) is 2. The maximum atomic E-state index is 12.0. The summed E-state index contributed by atoms with van der Waals surface area (Å²) in [5.74, 6) is 0.588. The van der Waals surface area contributed by atoms with Gasteiger partial charge >= 0.3 is 12.3 Å². The molecule has 1 aromatic carbocycles. The minimum absolute atomic E-state index is 0.104. The van der Waals surface area contributed by atoms with Crippen molar-refractivity contribution in [2.45, 2.75) is 19.6 Å². The first-order valence-corrected chi connectivity index (χ1v) is 5.99. The molecule has 1 rings (SSSR count). The first kappa shape index (κ1) is 16.1. The minimum Gasteiger partial charge on any atom is -0.494 e. The number of benzene rings is 1. The summed E-state index contributed by atoms with van der Waals surface area (Å²) < 4.78 is 45.4. The molecule has 0 fully saturated rings. The molecule has 0 N–H and O–H groups in total. The lowest BCUT2D eigenvalue weighted by atomic mass is 10.2. The van der Waals surface area contributed by atoms with E-state index in [1.807, 2.05) is 6.92 Å². The van der Waals surface area contributed by atoms with Gasteiger partial charge in [-0.3, -0.25) is 0 Å². The van der Waals surface area contributed by atoms with Crippen molar-refractivity contribution in [3.8, 4) is 5.75 Å². The molecule has 0 atom stereocenters. The number of halogens is 3. The zero-order chi connectivity index (χ0) is 15.2. The lowest BCUT2D eigenvalue weighted by Gasteiger charge is -2.19. The summed E-state index contributed by atoms with van der Waals surface area (Å²) in [4.78, 5) is 12.5. The molecule has 20 heavy (non-hydrogen) atoms. The van der Waals surface area contributed by atoms with E-state index in [1.54, 1.807) is 24.3 Å². The van der Waals surface area contributed by atoms with Crippen molar-refractivity contribution in [1.82, 2.24) is 4.90 Å². The third-order valence-electron chi connectivity index (χ3n) is 2.35. The van der Waals surface area contributed by atoms with Crippen LogP contribution in [0.1, 0.15) is 12.5 Å². The second kappa shape index (κ2) is 7.02. The Morgan fingerprint density at radius 1 is 1.30 bits per heavy atom. The number of nitrogens with zero attached hydrogens (tertiary/aromatic N) is 1. The second-order valence-electron chi connectivity index (χ2n) is 4.07. The van der Waals surface area contributed by atoms with E-state index < -0.39 is 18.9 Å². The van der Waals surface area contributed by atoms with Crippen LogP contribution in [0.3, 0.4) is 0 Å². The van der Waals surface area contributed by atoms with Crippen molar-refractivity contribution < 1.29 is 27.4 Å². The Labute approximate surface area is 115 Å². The Hall–Kier alpha value is -1.92. The summed E-state index contributed by atoms with van der Waals surface area (Å²) in [5, 5.41) is 0. The first-order chi connectivity index (χ1) is 9.33. The lowest BCUT2D eigenvalue weighted by Crippen LogP contribution is -2.30. The van der Waals surface area contributed by atoms with Crippen molar-refractivity contribution in [2.75, 3.05) is 20.3 Å². The van der Waals surface area contributed by atoms with Crippen LogP contribution in [0.15, 0.2) is 24.3 Å². The van der Waals surface area contributed by atoms with Gasteiger partial charge in [0.25, 0.3) is 0 Å². The zero-order valence-corrected chi connectivity index (χ0v) is 11.2. The van der Waals surface area contributed by atoms with Gasteiger partial charge in [0.2, 0.25) is 0 Å². The van der Waals surface area contributed by atoms with Crippen LogP contribution >= 0.6 is 0 Å². The van der Waals surface area contributed by atoms with Crippen LogP contribution < -0.4 is 4.74 Å². The molecule has 1 aromatic rings. The highest BCUT2D eigenvalue weighted by molar-refractivity contribution is 5.67. The molecular formula is C13H16F3NO3. The van der Waals surface area contributed by atoms with Gasteiger partial charge in [-0.05, 0) is 13.0 Å². The SMILES string of the molecule is CCOc1ccccc1CN(C)C(=O)OCC(F)(F)F. The fourth-order valence-electron chi connectivity index (χ4n) is 1.50. The second-order valence-corrected chi connectivity index (χ2v) is 4.07. The summed E-state index contributed by atoms with van der Waals surface area (Å²) in [7, 11) is 1.36. The average Bonchev–Trinajstić information content (AvgIpc) is 2.37. The largest absolute Gasteiger partial charge is 0.494 e. The maximum Gasteiger partial charge on any atom is 0.422 e. The van der Waals surface area contributed by atoms with Gasteiger partial charge in [-0.2, -0.15) is 13.2 Å². The van der Waals surface area contributed by atoms with Crippen molar-refractivity contribution in [3.63, 3.8) is 0 Å². The maximum absolute atomic E-state index is 12.0. The van der Waals surface area contributed by atoms with Crippen LogP contribution in [-0.2, 0) is 11.3 Å². The molecule has 4 nitrogen and oxygen atoms in total. The number of para-hydroxylation sites is 1. The van der Waals surface area contributed by atoms with Crippen molar-refractivity contribution in [1.29, 1.82) is 0 Å². The van der Waals surface area contributed by atoms with Gasteiger partial charge in [0, 0.05) is 12.6 Å². The Balaban J connectivity index is 2.61. The Morgan fingerprint density at radius 2 is 1.95 bits per heavy atom. The fourth-order valence-corrected chi connectivity index (χ4v) is 1.50. The molecule has 7 heteroatoms. The van der Waals surface area contributed by atoms with Crippen LogP contribution in [0.2, 0.25) is 0 Å². The number of alkyl halides is 3. The number of amides is 1. The number of rotatable bonds is 5. The molecule has 0 aromatic heterocycles. The summed E-state index contributed by atoms with van der Waals surface area (Å²) in [6.45, 7) is 0.785. The molecule has 0 saturated carbocycles. The number of carbonyl (C=O) groups excluding carboxylic acids is 1. The van der Waals surface area contributed by atoms with Crippen LogP contribution in [0.5, 0.6) is 5.75 Å². The van der Waals surface area contributed by atoms with Gasteiger partial charge in [-0.15, -0.1) is 0 Å². The van der Waals surface area contributed by atoms with Crippen molar-refractivity contribution >= 4 is 6.09 Å². The topological polar surface area (TPSA) is 38.8 Å². The molecule has 0 aliphatic carbocycles. The highest BCUT2D eigenvalue weighted by Gasteiger charge is 2.30. The molecule has 0 heterocycles. The van der Waals surface area contributed by atoms with Crippen LogP contribution in [0.4, 0.5) is 18.0 Å². The molecule has 112 valence electrons. The smallest absolute Gasteiger partial charge is 0.422 e. The van der Waals surface area contributed by atoms with E-state index in [4.69, 9.17) is 4.74 Å². The molecule has 0 radical (unpaired) electrons. The number of hydrogen-bond acceptors (Lipinski definition) is 3. The predicted molar refractivity (Wildman–Crippen MR) is 66.5 cm³/mol. The normalized spacial score (nSPS) is 11.1. The van der Waals surface area contributed by atoms with E-state index in [2.05, 4.69) is 4.74 Å². The summed E-state index contributed by atoms with van der Waals surface area (Å²) in [6.07, 6.45) is -5.56. The molecule has 0 aliphatic rings. The van der Waals surface area contributed by atoms with Gasteiger partial charge in [-0.25, -0.2) is 4.79 Å². The lowest BCUT2D eigenvalue weighted by molar-refractivity contribution is -0.162. The Bertz CT molecular complexity index is 449. The standard InChI is InChI=1S/C13H16F3NO3/c1-3-19-11-7-5-4-6-10(11)8-17(2)12(18)20-9-13(14,15)16/h4-7H,3,8-9H2,1-2H3. The van der Waals surface area contributed by atoms with Gasteiger partial charge < -0.3 is 14.4 Å². The molecule has 0 bridgehead atoms. The quantitative estimate of drug-likeness (QED) is 0.836. The molecule has 1 amide bonds. The van der Waals surface area contributed by atoms with Crippen LogP contribution in [-0.4, -0.2) is 37.4 Å². The van der Waals surface area contributed by atoms with Crippen LogP contribution in [0.25, 0.3) is 0 Å². The zero-order valence-electron chi connectivity index (χ0n) is 11.2. The first-order valence-electron chi connectivity index (χ1n) is 5.99. The van der Waals surface area contributed by atoms with E-state index in [-0.39, 0.29) is 6.54 Å². The van der Waals surface area contributed by atoms with Crippen molar-refractivity contribution in [3.05, 3.63) is 29.8 Å². The minimum atomic E-state index is -4.53. The monoisotopic (exact) mass is 291 g/mol. The highest BCUT2D eigenvalue weighted by atomic mass is 19.4. The summed E-state index contributed by atoms with van der Waals surface area (Å²) in [5.41, 5.74) is 0.695. The Kier molecular flexibility index (Phi) is 5.66. The molecule has 0 unspecified atom stereocenters. The predicted octanol–water partition coefficient (Wildman–Crippen LogP) is 3.22. The highest BCUT2D eigenvalue weighted by Crippen LogP contribution is 2.20. The third kappa shape index (κ3) is 5.38. The molecular weight excluding hydrogens is 275 g/mol. The van der Waals surface area contributed by atoms with Gasteiger partial charge in [0.1, 0.15) is 5.75 Å². The molecule has 0 aliphatic heterocycles. The van der Waals surface area contributed by atoms with Gasteiger partial charge in [0.15, 0.2) is 6.61 Å². The average molecular weight is 291 g/mol. The molecule has 0 saturated heterocycles. The van der Waals surface area contributed by atoms with E-state index in [1.165, 1.54) is 7.05 Å². The van der Waals surface area contributed by atoms with Crippen LogP contribution in [0, 0.1) is 0 Å². The van der Waals surface area contributed by atoms with Crippen molar-refractivity contribution in [2.24, 2.45) is 0 Å². The van der Waals surface area contributed by atoms with E-state index >= 15 is 0 Å².